The van der Waals surface area contributed by atoms with Crippen molar-refractivity contribution in [3.8, 4) is 17.2 Å². The van der Waals surface area contributed by atoms with Crippen LogP contribution in [0.2, 0.25) is 0 Å². The third kappa shape index (κ3) is 5.11. The van der Waals surface area contributed by atoms with E-state index in [1.807, 2.05) is 18.2 Å². The molecular formula is C22H17BrN4O6S2. The number of carbonyl (C=O) groups is 1. The molecule has 2 aromatic heterocycles. The Hall–Kier alpha value is -3.55. The first kappa shape index (κ1) is 24.6. The van der Waals surface area contributed by atoms with Crippen molar-refractivity contribution in [3.63, 3.8) is 0 Å². The molecule has 0 unspecified atom stereocenters. The smallest absolute Gasteiger partial charge is 0.324 e. The summed E-state index contributed by atoms with van der Waals surface area (Å²) in [5.74, 6) is 0.449. The molecule has 0 bridgehead atoms. The summed E-state index contributed by atoms with van der Waals surface area (Å²) in [7, 11) is 4.38. The van der Waals surface area contributed by atoms with Gasteiger partial charge in [0.15, 0.2) is 11.5 Å². The second-order valence-electron chi connectivity index (χ2n) is 6.82. The molecule has 0 fully saturated rings. The molecule has 0 radical (unpaired) electrons. The van der Waals surface area contributed by atoms with E-state index in [0.29, 0.717) is 32.8 Å². The number of hydrazone groups is 1. The van der Waals surface area contributed by atoms with Crippen molar-refractivity contribution in [2.24, 2.45) is 5.10 Å². The van der Waals surface area contributed by atoms with E-state index < -0.39 is 10.8 Å². The molecule has 0 aliphatic rings. The normalized spacial score (nSPS) is 11.1. The average molecular weight is 577 g/mol. The predicted octanol–water partition coefficient (Wildman–Crippen LogP) is 5.74. The second-order valence-corrected chi connectivity index (χ2v) is 9.84. The third-order valence-electron chi connectivity index (χ3n) is 4.72. The number of fused-ring (bicyclic) bond motifs is 1. The second kappa shape index (κ2) is 10.4. The standard InChI is InChI=1S/C22H17BrN4O6S2/c1-31-16-8-12(9-17(32-2)20(16)33-3)21(28)26(24-11-14-5-7-19(34-14)27(29)30)22-25-15-6-4-13(23)10-18(15)35-22/h4-11H,1-3H3/b24-11+. The molecule has 0 aliphatic carbocycles. The van der Waals surface area contributed by atoms with Gasteiger partial charge < -0.3 is 14.2 Å². The Morgan fingerprint density at radius 3 is 2.40 bits per heavy atom. The average Bonchev–Trinajstić information content (AvgIpc) is 3.50. The number of hydrogen-bond donors (Lipinski definition) is 0. The van der Waals surface area contributed by atoms with E-state index in [-0.39, 0.29) is 10.6 Å². The maximum atomic E-state index is 13.7. The van der Waals surface area contributed by atoms with Crippen LogP contribution in [0.25, 0.3) is 10.2 Å². The Balaban J connectivity index is 1.80. The zero-order valence-electron chi connectivity index (χ0n) is 18.6. The molecule has 0 saturated carbocycles. The number of rotatable bonds is 8. The van der Waals surface area contributed by atoms with Crippen molar-refractivity contribution in [1.82, 2.24) is 4.98 Å². The molecular weight excluding hydrogens is 560 g/mol. The molecule has 0 saturated heterocycles. The van der Waals surface area contributed by atoms with Crippen molar-refractivity contribution in [3.05, 3.63) is 67.5 Å². The van der Waals surface area contributed by atoms with Crippen LogP contribution in [0.15, 0.2) is 52.0 Å². The quantitative estimate of drug-likeness (QED) is 0.149. The third-order valence-corrected chi connectivity index (χ3v) is 7.18. The lowest BCUT2D eigenvalue weighted by atomic mass is 10.1. The van der Waals surface area contributed by atoms with Crippen molar-refractivity contribution in [2.45, 2.75) is 0 Å². The molecule has 2 heterocycles. The summed E-state index contributed by atoms with van der Waals surface area (Å²) in [5, 5.41) is 16.8. The van der Waals surface area contributed by atoms with Crippen LogP contribution in [-0.4, -0.2) is 43.4 Å². The summed E-state index contributed by atoms with van der Waals surface area (Å²) >= 11 is 5.66. The number of benzene rings is 2. The topological polar surface area (TPSA) is 116 Å². The Kier molecular flexibility index (Phi) is 7.28. The lowest BCUT2D eigenvalue weighted by Crippen LogP contribution is -2.25. The van der Waals surface area contributed by atoms with E-state index >= 15 is 0 Å². The summed E-state index contributed by atoms with van der Waals surface area (Å²) in [4.78, 5) is 29.3. The van der Waals surface area contributed by atoms with Crippen LogP contribution in [0.4, 0.5) is 10.1 Å². The summed E-state index contributed by atoms with van der Waals surface area (Å²) in [6.45, 7) is 0. The molecule has 10 nitrogen and oxygen atoms in total. The molecule has 0 spiro atoms. The minimum Gasteiger partial charge on any atom is -0.493 e. The van der Waals surface area contributed by atoms with E-state index in [9.17, 15) is 14.9 Å². The largest absolute Gasteiger partial charge is 0.493 e. The molecule has 0 aliphatic heterocycles. The van der Waals surface area contributed by atoms with Gasteiger partial charge in [-0.1, -0.05) is 38.6 Å². The number of anilines is 1. The highest BCUT2D eigenvalue weighted by atomic mass is 79.9. The monoisotopic (exact) mass is 576 g/mol. The van der Waals surface area contributed by atoms with Crippen LogP contribution in [0.5, 0.6) is 17.2 Å². The van der Waals surface area contributed by atoms with Gasteiger partial charge in [0, 0.05) is 16.1 Å². The fourth-order valence-corrected chi connectivity index (χ4v) is 5.28. The number of amides is 1. The van der Waals surface area contributed by atoms with Crippen LogP contribution in [-0.2, 0) is 0 Å². The first-order chi connectivity index (χ1) is 16.8. The number of halogens is 1. The number of thiophene rings is 1. The van der Waals surface area contributed by atoms with Gasteiger partial charge in [0.2, 0.25) is 10.9 Å². The molecule has 4 rings (SSSR count). The van der Waals surface area contributed by atoms with Crippen LogP contribution in [0.1, 0.15) is 15.2 Å². The number of hydrogen-bond acceptors (Lipinski definition) is 10. The molecule has 180 valence electrons. The van der Waals surface area contributed by atoms with E-state index in [0.717, 1.165) is 25.5 Å². The molecule has 0 atom stereocenters. The van der Waals surface area contributed by atoms with Gasteiger partial charge in [-0.25, -0.2) is 4.98 Å². The maximum Gasteiger partial charge on any atom is 0.324 e. The molecule has 35 heavy (non-hydrogen) atoms. The summed E-state index contributed by atoms with van der Waals surface area (Å²) in [6, 6.07) is 11.6. The van der Waals surface area contributed by atoms with Crippen molar-refractivity contribution in [2.75, 3.05) is 26.3 Å². The number of aromatic nitrogens is 1. The zero-order chi connectivity index (χ0) is 25.1. The molecule has 1 amide bonds. The van der Waals surface area contributed by atoms with Gasteiger partial charge in [0.05, 0.1) is 47.6 Å². The predicted molar refractivity (Wildman–Crippen MR) is 139 cm³/mol. The Labute approximate surface area is 215 Å². The minimum absolute atomic E-state index is 0.0289. The highest BCUT2D eigenvalue weighted by Crippen LogP contribution is 2.39. The Morgan fingerprint density at radius 1 is 1.09 bits per heavy atom. The molecule has 2 aromatic carbocycles. The SMILES string of the molecule is COc1cc(C(=O)N(/N=C/c2ccc([N+](=O)[O-])s2)c2nc3ccc(Br)cc3s2)cc(OC)c1OC. The highest BCUT2D eigenvalue weighted by Gasteiger charge is 2.25. The fourth-order valence-electron chi connectivity index (χ4n) is 3.12. The fraction of sp³-hybridized carbons (Fsp3) is 0.136. The minimum atomic E-state index is -0.510. The first-order valence-electron chi connectivity index (χ1n) is 9.83. The number of carbonyl (C=O) groups excluding carboxylic acids is 1. The van der Waals surface area contributed by atoms with Crippen molar-refractivity contribution >= 4 is 71.1 Å². The molecule has 0 N–H and O–H groups in total. The molecule has 13 heteroatoms. The number of methoxy groups -OCH3 is 3. The summed E-state index contributed by atoms with van der Waals surface area (Å²) in [5.41, 5.74) is 0.909. The zero-order valence-corrected chi connectivity index (χ0v) is 21.8. The van der Waals surface area contributed by atoms with Crippen LogP contribution in [0, 0.1) is 10.1 Å². The highest BCUT2D eigenvalue weighted by molar-refractivity contribution is 9.10. The Bertz CT molecular complexity index is 1430. The summed E-state index contributed by atoms with van der Waals surface area (Å²) < 4.78 is 17.8. The summed E-state index contributed by atoms with van der Waals surface area (Å²) in [6.07, 6.45) is 1.38. The lowest BCUT2D eigenvalue weighted by Gasteiger charge is -2.17. The lowest BCUT2D eigenvalue weighted by molar-refractivity contribution is -0.380. The van der Waals surface area contributed by atoms with Gasteiger partial charge in [-0.3, -0.25) is 14.9 Å². The van der Waals surface area contributed by atoms with E-state index in [1.54, 1.807) is 6.07 Å². The van der Waals surface area contributed by atoms with E-state index in [4.69, 9.17) is 14.2 Å². The van der Waals surface area contributed by atoms with Crippen LogP contribution in [0.3, 0.4) is 0 Å². The number of thiazole rings is 1. The van der Waals surface area contributed by atoms with Gasteiger partial charge in [0.1, 0.15) is 0 Å². The first-order valence-corrected chi connectivity index (χ1v) is 12.3. The van der Waals surface area contributed by atoms with E-state index in [1.165, 1.54) is 57.1 Å². The molecule has 4 aromatic rings. The van der Waals surface area contributed by atoms with Gasteiger partial charge >= 0.3 is 5.00 Å². The number of ether oxygens (including phenoxy) is 3. The van der Waals surface area contributed by atoms with Gasteiger partial charge in [-0.2, -0.15) is 10.1 Å². The number of nitrogens with zero attached hydrogens (tertiary/aromatic N) is 4. The van der Waals surface area contributed by atoms with Crippen LogP contribution < -0.4 is 19.2 Å². The van der Waals surface area contributed by atoms with Crippen molar-refractivity contribution in [1.29, 1.82) is 0 Å². The van der Waals surface area contributed by atoms with Gasteiger partial charge in [0.25, 0.3) is 5.91 Å². The van der Waals surface area contributed by atoms with E-state index in [2.05, 4.69) is 26.0 Å². The number of nitro groups is 1. The maximum absolute atomic E-state index is 13.7. The van der Waals surface area contributed by atoms with Crippen LogP contribution >= 0.6 is 38.6 Å². The van der Waals surface area contributed by atoms with Gasteiger partial charge in [-0.15, -0.1) is 0 Å². The van der Waals surface area contributed by atoms with Gasteiger partial charge in [-0.05, 0) is 36.4 Å². The Morgan fingerprint density at radius 2 is 1.80 bits per heavy atom. The van der Waals surface area contributed by atoms with Crippen molar-refractivity contribution < 1.29 is 23.9 Å².